The van der Waals surface area contributed by atoms with Crippen LogP contribution in [-0.2, 0) is 6.42 Å². The fraction of sp³-hybridized carbons (Fsp3) is 0.353. The van der Waals surface area contributed by atoms with Crippen molar-refractivity contribution in [3.63, 3.8) is 0 Å². The molecule has 0 saturated heterocycles. The number of aromatic nitrogens is 1. The van der Waals surface area contributed by atoms with Crippen LogP contribution >= 0.6 is 0 Å². The maximum absolute atomic E-state index is 5.30. The number of pyridine rings is 1. The molecule has 0 unspecified atom stereocenters. The van der Waals surface area contributed by atoms with Gasteiger partial charge < -0.3 is 15.4 Å². The molecule has 112 valence electrons. The number of benzene rings is 1. The number of para-hydroxylation sites is 1. The lowest BCUT2D eigenvalue weighted by molar-refractivity contribution is 0.321. The van der Waals surface area contributed by atoms with Crippen molar-refractivity contribution in [2.75, 3.05) is 30.3 Å². The summed E-state index contributed by atoms with van der Waals surface area (Å²) in [5.41, 5.74) is 2.79. The number of fused-ring (bicyclic) bond motifs is 2. The maximum atomic E-state index is 5.30. The Balaban J connectivity index is 0.000000147. The summed E-state index contributed by atoms with van der Waals surface area (Å²) >= 11 is 0. The lowest BCUT2D eigenvalue weighted by Gasteiger charge is -2.16. The van der Waals surface area contributed by atoms with Crippen molar-refractivity contribution in [3.05, 3.63) is 48.2 Å². The Morgan fingerprint density at radius 1 is 1.00 bits per heavy atom. The molecule has 2 aromatic rings. The van der Waals surface area contributed by atoms with Crippen LogP contribution in [0.4, 0.5) is 11.5 Å². The van der Waals surface area contributed by atoms with Gasteiger partial charge in [0.15, 0.2) is 11.6 Å². The molecule has 2 aliphatic heterocycles. The van der Waals surface area contributed by atoms with Gasteiger partial charge in [0.2, 0.25) is 0 Å². The summed E-state index contributed by atoms with van der Waals surface area (Å²) in [7, 11) is 0. The number of nitrogens with zero attached hydrogens (tertiary/aromatic N) is 1. The molecule has 4 heteroatoms. The van der Waals surface area contributed by atoms with Crippen molar-refractivity contribution in [2.45, 2.75) is 20.3 Å². The lowest BCUT2D eigenvalue weighted by Crippen LogP contribution is -2.18. The Bertz CT molecular complexity index is 470. The lowest BCUT2D eigenvalue weighted by atomic mass is 10.0. The summed E-state index contributed by atoms with van der Waals surface area (Å²) in [6, 6.07) is 12.3. The Labute approximate surface area is 126 Å². The first kappa shape index (κ1) is 15.2. The van der Waals surface area contributed by atoms with Crippen molar-refractivity contribution in [1.29, 1.82) is 0 Å². The van der Waals surface area contributed by atoms with Gasteiger partial charge in [-0.3, -0.25) is 0 Å². The first-order chi connectivity index (χ1) is 9.93. The number of hydrogen-bond donors (Lipinski definition) is 2. The van der Waals surface area contributed by atoms with Gasteiger partial charge in [-0.25, -0.2) is 4.98 Å². The van der Waals surface area contributed by atoms with Gasteiger partial charge in [0.25, 0.3) is 0 Å². The molecular weight excluding hydrogens is 262 g/mol. The summed E-state index contributed by atoms with van der Waals surface area (Å²) in [5.74, 6) is 1.71. The molecule has 0 amide bonds. The van der Waals surface area contributed by atoms with E-state index in [1.54, 1.807) is 6.20 Å². The van der Waals surface area contributed by atoms with Crippen LogP contribution in [0.2, 0.25) is 0 Å². The Morgan fingerprint density at radius 2 is 1.90 bits per heavy atom. The van der Waals surface area contributed by atoms with E-state index in [1.165, 1.54) is 24.1 Å². The monoisotopic (exact) mass is 285 g/mol. The van der Waals surface area contributed by atoms with Crippen molar-refractivity contribution >= 4 is 11.5 Å². The molecule has 2 aliphatic rings. The number of rotatable bonds is 0. The number of aryl methyl sites for hydroxylation is 1. The second kappa shape index (κ2) is 7.53. The zero-order valence-corrected chi connectivity index (χ0v) is 11.4. The van der Waals surface area contributed by atoms with E-state index in [1.807, 2.05) is 12.1 Å². The van der Waals surface area contributed by atoms with Crippen LogP contribution in [-0.4, -0.2) is 24.7 Å². The Hall–Kier alpha value is -2.23. The summed E-state index contributed by atoms with van der Waals surface area (Å²) in [4.78, 5) is 4.08. The fourth-order valence-corrected chi connectivity index (χ4v) is 2.38. The second-order valence-electron chi connectivity index (χ2n) is 4.81. The third kappa shape index (κ3) is 3.88. The van der Waals surface area contributed by atoms with Crippen LogP contribution in [0.15, 0.2) is 42.6 Å². The molecule has 2 N–H and O–H groups in total. The first-order valence-corrected chi connectivity index (χ1v) is 7.07. The highest BCUT2D eigenvalue weighted by Crippen LogP contribution is 2.22. The van der Waals surface area contributed by atoms with E-state index in [9.17, 15) is 0 Å². The van der Waals surface area contributed by atoms with Crippen LogP contribution < -0.4 is 15.4 Å². The molecular formula is C17H23N3O. The molecule has 1 aromatic heterocycles. The second-order valence-corrected chi connectivity index (χ2v) is 4.81. The largest absolute Gasteiger partial charge is 0.488 e. The van der Waals surface area contributed by atoms with Crippen molar-refractivity contribution in [1.82, 2.24) is 4.98 Å². The molecule has 4 rings (SSSR count). The third-order valence-electron chi connectivity index (χ3n) is 3.38. The highest BCUT2D eigenvalue weighted by Gasteiger charge is 2.07. The van der Waals surface area contributed by atoms with Gasteiger partial charge in [0.05, 0.1) is 6.54 Å². The third-order valence-corrected chi connectivity index (χ3v) is 3.38. The smallest absolute Gasteiger partial charge is 0.168 e. The molecule has 3 heterocycles. The van der Waals surface area contributed by atoms with Crippen LogP contribution in [0.3, 0.4) is 0 Å². The maximum Gasteiger partial charge on any atom is 0.168 e. The quantitative estimate of drug-likeness (QED) is 0.777. The van der Waals surface area contributed by atoms with Crippen LogP contribution in [0.1, 0.15) is 19.4 Å². The van der Waals surface area contributed by atoms with Crippen LogP contribution in [0.5, 0.6) is 5.75 Å². The predicted octanol–water partition coefficient (Wildman–Crippen LogP) is 3.57. The predicted molar refractivity (Wildman–Crippen MR) is 88.2 cm³/mol. The molecule has 0 atom stereocenters. The highest BCUT2D eigenvalue weighted by molar-refractivity contribution is 5.52. The van der Waals surface area contributed by atoms with E-state index in [0.717, 1.165) is 31.3 Å². The van der Waals surface area contributed by atoms with E-state index in [2.05, 4.69) is 39.9 Å². The van der Waals surface area contributed by atoms with E-state index in [-0.39, 0.29) is 7.43 Å². The van der Waals surface area contributed by atoms with Crippen LogP contribution in [0.25, 0.3) is 0 Å². The molecule has 0 aliphatic carbocycles. The van der Waals surface area contributed by atoms with E-state index in [4.69, 9.17) is 4.74 Å². The van der Waals surface area contributed by atoms with Gasteiger partial charge >= 0.3 is 0 Å². The van der Waals surface area contributed by atoms with Gasteiger partial charge in [-0.05, 0) is 36.6 Å². The Kier molecular flexibility index (Phi) is 5.43. The van der Waals surface area contributed by atoms with Gasteiger partial charge in [0.1, 0.15) is 6.61 Å². The van der Waals surface area contributed by atoms with Crippen molar-refractivity contribution < 1.29 is 4.74 Å². The molecule has 0 radical (unpaired) electrons. The van der Waals surface area contributed by atoms with Gasteiger partial charge in [-0.1, -0.05) is 25.6 Å². The number of ether oxygens (including phenoxy) is 1. The minimum Gasteiger partial charge on any atom is -0.488 e. The summed E-state index contributed by atoms with van der Waals surface area (Å²) in [5, 5.41) is 6.49. The first-order valence-electron chi connectivity index (χ1n) is 7.07. The van der Waals surface area contributed by atoms with E-state index >= 15 is 0 Å². The molecule has 21 heavy (non-hydrogen) atoms. The van der Waals surface area contributed by atoms with Crippen molar-refractivity contribution in [2.24, 2.45) is 0 Å². The zero-order valence-electron chi connectivity index (χ0n) is 11.4. The average Bonchev–Trinajstić information content (AvgIpc) is 2.56. The molecule has 0 saturated carbocycles. The topological polar surface area (TPSA) is 46.2 Å². The normalized spacial score (nSPS) is 14.5. The molecule has 0 bridgehead atoms. The summed E-state index contributed by atoms with van der Waals surface area (Å²) in [6.07, 6.45) is 4.26. The average molecular weight is 285 g/mol. The summed E-state index contributed by atoms with van der Waals surface area (Å²) < 4.78 is 5.30. The SMILES string of the molecule is C.c1ccc2c(c1)CCCN2.c1cnc2c(c1)OCCN2. The minimum atomic E-state index is 0. The Morgan fingerprint density at radius 3 is 2.76 bits per heavy atom. The van der Waals surface area contributed by atoms with Crippen LogP contribution in [0, 0.1) is 0 Å². The van der Waals surface area contributed by atoms with Gasteiger partial charge in [-0.2, -0.15) is 0 Å². The number of hydrogen-bond acceptors (Lipinski definition) is 4. The van der Waals surface area contributed by atoms with Gasteiger partial charge in [0, 0.05) is 18.4 Å². The summed E-state index contributed by atoms with van der Waals surface area (Å²) in [6.45, 7) is 2.72. The zero-order chi connectivity index (χ0) is 13.6. The standard InChI is InChI=1S/C9H11N.C7H8N2O.CH4/c1-2-6-9-8(4-1)5-3-7-10-9;1-2-6-7(8-3-1)9-4-5-10-6;/h1-2,4,6,10H,3,5,7H2;1-3H,4-5H2,(H,8,9);1H4. The van der Waals surface area contributed by atoms with Crippen molar-refractivity contribution in [3.8, 4) is 5.75 Å². The number of nitrogens with one attached hydrogen (secondary N) is 2. The van der Waals surface area contributed by atoms with Gasteiger partial charge in [-0.15, -0.1) is 0 Å². The molecule has 0 fully saturated rings. The molecule has 1 aromatic carbocycles. The molecule has 4 nitrogen and oxygen atoms in total. The van der Waals surface area contributed by atoms with E-state index in [0.29, 0.717) is 0 Å². The van der Waals surface area contributed by atoms with E-state index < -0.39 is 0 Å². The number of anilines is 2. The highest BCUT2D eigenvalue weighted by atomic mass is 16.5. The molecule has 0 spiro atoms. The fourth-order valence-electron chi connectivity index (χ4n) is 2.38. The minimum absolute atomic E-state index is 0.